The Morgan fingerprint density at radius 1 is 1.50 bits per heavy atom. The van der Waals surface area contributed by atoms with E-state index in [4.69, 9.17) is 5.11 Å². The number of rotatable bonds is 3. The number of hydrogen-bond donors (Lipinski definition) is 2. The zero-order chi connectivity index (χ0) is 12.3. The van der Waals surface area contributed by atoms with E-state index in [1.165, 1.54) is 6.07 Å². The van der Waals surface area contributed by atoms with Gasteiger partial charge in [-0.05, 0) is 6.07 Å². The SMILES string of the molecule is O=C(O)CC(O)c1cccnc1C(F)(F)F. The summed E-state index contributed by atoms with van der Waals surface area (Å²) in [7, 11) is 0. The molecule has 0 bridgehead atoms. The van der Waals surface area contributed by atoms with Crippen LogP contribution in [0.5, 0.6) is 0 Å². The topological polar surface area (TPSA) is 70.4 Å². The molecule has 2 N–H and O–H groups in total. The molecule has 0 amide bonds. The van der Waals surface area contributed by atoms with E-state index in [1.54, 1.807) is 0 Å². The zero-order valence-corrected chi connectivity index (χ0v) is 7.90. The van der Waals surface area contributed by atoms with Gasteiger partial charge < -0.3 is 10.2 Å². The number of nitrogens with zero attached hydrogens (tertiary/aromatic N) is 1. The van der Waals surface area contributed by atoms with Crippen LogP contribution in [0.2, 0.25) is 0 Å². The summed E-state index contributed by atoms with van der Waals surface area (Å²) in [4.78, 5) is 13.4. The first-order chi connectivity index (χ1) is 7.32. The molecule has 0 aromatic carbocycles. The summed E-state index contributed by atoms with van der Waals surface area (Å²) >= 11 is 0. The van der Waals surface area contributed by atoms with Crippen LogP contribution in [0, 0.1) is 0 Å². The van der Waals surface area contributed by atoms with Gasteiger partial charge in [0.2, 0.25) is 0 Å². The highest BCUT2D eigenvalue weighted by atomic mass is 19.4. The lowest BCUT2D eigenvalue weighted by Crippen LogP contribution is -2.15. The maximum atomic E-state index is 12.4. The average molecular weight is 235 g/mol. The van der Waals surface area contributed by atoms with Crippen molar-refractivity contribution in [3.05, 3.63) is 29.6 Å². The first-order valence-corrected chi connectivity index (χ1v) is 4.24. The van der Waals surface area contributed by atoms with Gasteiger partial charge in [0.25, 0.3) is 0 Å². The van der Waals surface area contributed by atoms with Crippen molar-refractivity contribution in [2.75, 3.05) is 0 Å². The summed E-state index contributed by atoms with van der Waals surface area (Å²) in [5.74, 6) is -1.38. The van der Waals surface area contributed by atoms with Crippen LogP contribution >= 0.6 is 0 Å². The molecule has 0 aliphatic carbocycles. The second-order valence-electron chi connectivity index (χ2n) is 3.05. The number of aliphatic carboxylic acids is 1. The van der Waals surface area contributed by atoms with E-state index in [1.807, 2.05) is 0 Å². The number of aliphatic hydroxyl groups excluding tert-OH is 1. The Bertz CT molecular complexity index is 392. The number of hydrogen-bond acceptors (Lipinski definition) is 3. The number of alkyl halides is 3. The predicted octanol–water partition coefficient (Wildman–Crippen LogP) is 1.61. The predicted molar refractivity (Wildman–Crippen MR) is 46.5 cm³/mol. The first-order valence-electron chi connectivity index (χ1n) is 4.24. The lowest BCUT2D eigenvalue weighted by Gasteiger charge is -2.14. The van der Waals surface area contributed by atoms with E-state index in [9.17, 15) is 23.1 Å². The number of aliphatic hydroxyl groups is 1. The monoisotopic (exact) mass is 235 g/mol. The van der Waals surface area contributed by atoms with E-state index < -0.39 is 35.9 Å². The van der Waals surface area contributed by atoms with Gasteiger partial charge >= 0.3 is 12.1 Å². The van der Waals surface area contributed by atoms with Crippen molar-refractivity contribution < 1.29 is 28.2 Å². The van der Waals surface area contributed by atoms with Crippen molar-refractivity contribution in [3.63, 3.8) is 0 Å². The molecule has 1 aromatic heterocycles. The Kier molecular flexibility index (Phi) is 3.48. The fourth-order valence-electron chi connectivity index (χ4n) is 1.20. The maximum Gasteiger partial charge on any atom is 0.433 e. The van der Waals surface area contributed by atoms with E-state index in [0.717, 1.165) is 12.3 Å². The molecule has 7 heteroatoms. The molecule has 1 rings (SSSR count). The van der Waals surface area contributed by atoms with Crippen LogP contribution in [0.4, 0.5) is 13.2 Å². The fourth-order valence-corrected chi connectivity index (χ4v) is 1.20. The Balaban J connectivity index is 3.08. The molecule has 0 saturated heterocycles. The van der Waals surface area contributed by atoms with Gasteiger partial charge in [0, 0.05) is 11.8 Å². The van der Waals surface area contributed by atoms with Crippen molar-refractivity contribution in [1.82, 2.24) is 4.98 Å². The van der Waals surface area contributed by atoms with Gasteiger partial charge in [-0.1, -0.05) is 6.07 Å². The summed E-state index contributed by atoms with van der Waals surface area (Å²) in [5, 5.41) is 17.7. The molecule has 16 heavy (non-hydrogen) atoms. The van der Waals surface area contributed by atoms with Crippen LogP contribution in [0.1, 0.15) is 23.8 Å². The zero-order valence-electron chi connectivity index (χ0n) is 7.90. The highest BCUT2D eigenvalue weighted by Crippen LogP contribution is 2.33. The van der Waals surface area contributed by atoms with Crippen LogP contribution in [-0.2, 0) is 11.0 Å². The summed E-state index contributed by atoms with van der Waals surface area (Å²) in [6.45, 7) is 0. The van der Waals surface area contributed by atoms with Crippen LogP contribution in [0.25, 0.3) is 0 Å². The minimum Gasteiger partial charge on any atom is -0.481 e. The molecule has 0 radical (unpaired) electrons. The van der Waals surface area contributed by atoms with E-state index in [2.05, 4.69) is 4.98 Å². The largest absolute Gasteiger partial charge is 0.481 e. The quantitative estimate of drug-likeness (QED) is 0.834. The molecule has 1 heterocycles. The van der Waals surface area contributed by atoms with Crippen LogP contribution in [-0.4, -0.2) is 21.2 Å². The van der Waals surface area contributed by atoms with Crippen molar-refractivity contribution >= 4 is 5.97 Å². The maximum absolute atomic E-state index is 12.4. The molecule has 0 aliphatic heterocycles. The number of halogens is 3. The van der Waals surface area contributed by atoms with Crippen LogP contribution in [0.3, 0.4) is 0 Å². The van der Waals surface area contributed by atoms with Gasteiger partial charge in [-0.25, -0.2) is 0 Å². The minimum absolute atomic E-state index is 0.530. The Labute approximate surface area is 88.4 Å². The number of carbonyl (C=O) groups is 1. The van der Waals surface area contributed by atoms with E-state index in [-0.39, 0.29) is 0 Å². The van der Waals surface area contributed by atoms with Crippen molar-refractivity contribution in [3.8, 4) is 0 Å². The minimum atomic E-state index is -4.71. The fraction of sp³-hybridized carbons (Fsp3) is 0.333. The summed E-state index contributed by atoms with van der Waals surface area (Å²) < 4.78 is 37.3. The van der Waals surface area contributed by atoms with Gasteiger partial charge in [-0.3, -0.25) is 9.78 Å². The molecule has 1 unspecified atom stereocenters. The summed E-state index contributed by atoms with van der Waals surface area (Å²) in [6, 6.07) is 2.21. The molecule has 0 fully saturated rings. The lowest BCUT2D eigenvalue weighted by atomic mass is 10.0. The summed E-state index contributed by atoms with van der Waals surface area (Å²) in [5.41, 5.74) is -1.79. The van der Waals surface area contributed by atoms with Gasteiger partial charge in [0.05, 0.1) is 12.5 Å². The first kappa shape index (κ1) is 12.4. The molecular weight excluding hydrogens is 227 g/mol. The van der Waals surface area contributed by atoms with Gasteiger partial charge in [-0.15, -0.1) is 0 Å². The average Bonchev–Trinajstić information content (AvgIpc) is 2.15. The van der Waals surface area contributed by atoms with Crippen molar-refractivity contribution in [1.29, 1.82) is 0 Å². The number of carboxylic acids is 1. The highest BCUT2D eigenvalue weighted by Gasteiger charge is 2.36. The van der Waals surface area contributed by atoms with Crippen molar-refractivity contribution in [2.45, 2.75) is 18.7 Å². The third-order valence-electron chi connectivity index (χ3n) is 1.83. The van der Waals surface area contributed by atoms with Crippen LogP contribution < -0.4 is 0 Å². The van der Waals surface area contributed by atoms with Crippen LogP contribution in [0.15, 0.2) is 18.3 Å². The number of carboxylic acid groups (broad SMARTS) is 1. The van der Waals surface area contributed by atoms with E-state index >= 15 is 0 Å². The smallest absolute Gasteiger partial charge is 0.433 e. The number of aromatic nitrogens is 1. The lowest BCUT2D eigenvalue weighted by molar-refractivity contribution is -0.145. The molecule has 1 atom stereocenters. The molecule has 88 valence electrons. The Hall–Kier alpha value is -1.63. The van der Waals surface area contributed by atoms with Gasteiger partial charge in [0.15, 0.2) is 0 Å². The molecule has 0 aliphatic rings. The van der Waals surface area contributed by atoms with E-state index in [0.29, 0.717) is 0 Å². The second kappa shape index (κ2) is 4.48. The molecule has 1 aromatic rings. The van der Waals surface area contributed by atoms with Gasteiger partial charge in [-0.2, -0.15) is 13.2 Å². The Morgan fingerprint density at radius 3 is 2.62 bits per heavy atom. The van der Waals surface area contributed by atoms with Gasteiger partial charge in [0.1, 0.15) is 5.69 Å². The second-order valence-corrected chi connectivity index (χ2v) is 3.05. The molecule has 0 saturated carbocycles. The third-order valence-corrected chi connectivity index (χ3v) is 1.83. The highest BCUT2D eigenvalue weighted by molar-refractivity contribution is 5.67. The molecular formula is C9H8F3NO3. The standard InChI is InChI=1S/C9H8F3NO3/c10-9(11,12)8-5(2-1-3-13-8)6(14)4-7(15)16/h1-3,6,14H,4H2,(H,15,16). The third kappa shape index (κ3) is 2.93. The molecule has 4 nitrogen and oxygen atoms in total. The van der Waals surface area contributed by atoms with Crippen molar-refractivity contribution in [2.24, 2.45) is 0 Å². The number of pyridine rings is 1. The summed E-state index contributed by atoms with van der Waals surface area (Å²) in [6.07, 6.45) is -6.30. The molecule has 0 spiro atoms. The Morgan fingerprint density at radius 2 is 2.12 bits per heavy atom. The normalized spacial score (nSPS) is 13.5.